The van der Waals surface area contributed by atoms with Crippen LogP contribution < -0.4 is 10.0 Å². The highest BCUT2D eigenvalue weighted by molar-refractivity contribution is 7.87. The van der Waals surface area contributed by atoms with Gasteiger partial charge in [-0.2, -0.15) is 17.4 Å². The van der Waals surface area contributed by atoms with Crippen LogP contribution in [0.25, 0.3) is 10.4 Å². The molecule has 1 aliphatic heterocycles. The van der Waals surface area contributed by atoms with E-state index in [0.717, 1.165) is 4.31 Å². The molecule has 3 atom stereocenters. The van der Waals surface area contributed by atoms with E-state index in [2.05, 4.69) is 26.6 Å². The first-order chi connectivity index (χ1) is 13.3. The molecule has 1 fully saturated rings. The van der Waals surface area contributed by atoms with Gasteiger partial charge in [0.2, 0.25) is 0 Å². The van der Waals surface area contributed by atoms with Crippen molar-refractivity contribution in [3.8, 4) is 0 Å². The summed E-state index contributed by atoms with van der Waals surface area (Å²) in [5, 5.41) is 15.5. The Morgan fingerprint density at radius 1 is 1.52 bits per heavy atom. The van der Waals surface area contributed by atoms with E-state index in [0.29, 0.717) is 0 Å². The van der Waals surface area contributed by atoms with E-state index in [1.54, 1.807) is 20.8 Å². The van der Waals surface area contributed by atoms with Gasteiger partial charge in [0.15, 0.2) is 5.54 Å². The zero-order chi connectivity index (χ0) is 22.5. The molecule has 1 aliphatic rings. The quantitative estimate of drug-likeness (QED) is 0.215. The third-order valence-corrected chi connectivity index (χ3v) is 5.86. The molecule has 12 nitrogen and oxygen atoms in total. The van der Waals surface area contributed by atoms with Crippen molar-refractivity contribution in [2.75, 3.05) is 19.6 Å². The molecule has 0 saturated carbocycles. The largest absolute Gasteiger partial charge is 0.481 e. The van der Waals surface area contributed by atoms with Crippen LogP contribution in [-0.2, 0) is 19.7 Å². The number of rotatable bonds is 9. The molecule has 164 valence electrons. The Labute approximate surface area is 170 Å². The van der Waals surface area contributed by atoms with E-state index < -0.39 is 51.9 Å². The Morgan fingerprint density at radius 3 is 2.62 bits per heavy atom. The molecular weight excluding hydrogens is 404 g/mol. The lowest BCUT2D eigenvalue weighted by atomic mass is 9.85. The lowest BCUT2D eigenvalue weighted by Gasteiger charge is -2.24. The van der Waals surface area contributed by atoms with E-state index >= 15 is 0 Å². The molecule has 0 aromatic heterocycles. The molecule has 3 unspecified atom stereocenters. The number of hydrogen-bond acceptors (Lipinski definition) is 6. The van der Waals surface area contributed by atoms with E-state index in [1.165, 1.54) is 13.0 Å². The average Bonchev–Trinajstić information content (AvgIpc) is 2.93. The molecule has 1 rings (SSSR count). The van der Waals surface area contributed by atoms with Crippen LogP contribution in [0.2, 0.25) is 0 Å². The van der Waals surface area contributed by atoms with Crippen LogP contribution in [0.5, 0.6) is 0 Å². The Hall–Kier alpha value is -2.34. The first-order valence-electron chi connectivity index (χ1n) is 8.92. The van der Waals surface area contributed by atoms with Gasteiger partial charge in [-0.15, -0.1) is 6.58 Å². The number of carbonyl (C=O) groups is 2. The molecule has 3 N–H and O–H groups in total. The van der Waals surface area contributed by atoms with Gasteiger partial charge in [0.25, 0.3) is 10.2 Å². The van der Waals surface area contributed by atoms with Gasteiger partial charge in [-0.25, -0.2) is 4.79 Å². The van der Waals surface area contributed by atoms with Crippen molar-refractivity contribution in [2.45, 2.75) is 51.3 Å². The van der Waals surface area contributed by atoms with Gasteiger partial charge in [0.05, 0.1) is 0 Å². The monoisotopic (exact) mass is 432 g/mol. The van der Waals surface area contributed by atoms with Gasteiger partial charge in [0.1, 0.15) is 5.60 Å². The predicted octanol–water partition coefficient (Wildman–Crippen LogP) is 1.38. The Balaban J connectivity index is 2.86. The number of nitrogens with zero attached hydrogens (tertiary/aromatic N) is 4. The smallest absolute Gasteiger partial charge is 0.407 e. The first-order valence-corrected chi connectivity index (χ1v) is 10.4. The molecular formula is C16H28N6O6S. The molecule has 0 spiro atoms. The number of carboxylic acid groups (broad SMARTS) is 1. The van der Waals surface area contributed by atoms with Crippen LogP contribution >= 0.6 is 0 Å². The predicted molar refractivity (Wildman–Crippen MR) is 105 cm³/mol. The molecule has 0 aromatic rings. The Bertz CT molecular complexity index is 784. The number of nitrogens with one attached hydrogen (secondary N) is 2. The maximum absolute atomic E-state index is 12.7. The molecule has 0 aliphatic carbocycles. The highest BCUT2D eigenvalue weighted by Crippen LogP contribution is 2.36. The molecule has 13 heteroatoms. The van der Waals surface area contributed by atoms with Crippen molar-refractivity contribution in [3.63, 3.8) is 0 Å². The number of carboxylic acids is 1. The van der Waals surface area contributed by atoms with Crippen molar-refractivity contribution in [2.24, 2.45) is 11.0 Å². The van der Waals surface area contributed by atoms with E-state index in [9.17, 15) is 23.1 Å². The molecule has 1 amide bonds. The molecule has 0 aromatic carbocycles. The number of amides is 1. The summed E-state index contributed by atoms with van der Waals surface area (Å²) in [5.74, 6) is -2.17. The van der Waals surface area contributed by atoms with Gasteiger partial charge >= 0.3 is 12.1 Å². The summed E-state index contributed by atoms with van der Waals surface area (Å²) in [7, 11) is -4.11. The third-order valence-electron chi connectivity index (χ3n) is 4.20. The minimum absolute atomic E-state index is 0.0432. The minimum atomic E-state index is -4.11. The summed E-state index contributed by atoms with van der Waals surface area (Å²) in [4.78, 5) is 26.1. The van der Waals surface area contributed by atoms with E-state index in [4.69, 9.17) is 10.3 Å². The highest BCUT2D eigenvalue weighted by atomic mass is 32.2. The summed E-state index contributed by atoms with van der Waals surface area (Å²) in [5.41, 5.74) is 6.19. The zero-order valence-electron chi connectivity index (χ0n) is 17.0. The van der Waals surface area contributed by atoms with Crippen LogP contribution in [-0.4, -0.2) is 66.7 Å². The Kier molecular flexibility index (Phi) is 8.04. The van der Waals surface area contributed by atoms with Crippen LogP contribution in [0.15, 0.2) is 17.8 Å². The van der Waals surface area contributed by atoms with Gasteiger partial charge in [-0.3, -0.25) is 4.79 Å². The van der Waals surface area contributed by atoms with Crippen molar-refractivity contribution >= 4 is 22.3 Å². The van der Waals surface area contributed by atoms with Gasteiger partial charge in [-0.1, -0.05) is 11.2 Å². The summed E-state index contributed by atoms with van der Waals surface area (Å²) in [6, 6.07) is -0.704. The molecule has 29 heavy (non-hydrogen) atoms. The van der Waals surface area contributed by atoms with Crippen LogP contribution in [0, 0.1) is 5.92 Å². The van der Waals surface area contributed by atoms with Crippen molar-refractivity contribution in [1.82, 2.24) is 14.3 Å². The number of allylic oxidation sites excluding steroid dienone is 1. The number of aliphatic carboxylic acids is 1. The molecule has 0 radical (unpaired) electrons. The maximum Gasteiger partial charge on any atom is 0.407 e. The van der Waals surface area contributed by atoms with Crippen LogP contribution in [0.4, 0.5) is 4.79 Å². The third kappa shape index (κ3) is 6.60. The molecule has 1 heterocycles. The standard InChI is InChI=1S/C16H28N6O6S/c1-6-7-12-9-22(10-16(12,13(23)24)20-21-17)29(26,27)19-11(2)8-18-14(25)28-15(3,4)5/h6,11-12,19H,1,7-10H2,2-5H3,(H,18,25)(H,23,24). The van der Waals surface area contributed by atoms with Crippen molar-refractivity contribution in [1.29, 1.82) is 0 Å². The number of azide groups is 1. The minimum Gasteiger partial charge on any atom is -0.481 e. The lowest BCUT2D eigenvalue weighted by Crippen LogP contribution is -2.49. The van der Waals surface area contributed by atoms with Crippen molar-refractivity contribution in [3.05, 3.63) is 23.1 Å². The van der Waals surface area contributed by atoms with Gasteiger partial charge in [-0.05, 0) is 45.6 Å². The molecule has 1 saturated heterocycles. The maximum atomic E-state index is 12.7. The molecule has 0 bridgehead atoms. The topological polar surface area (TPSA) is 174 Å². The summed E-state index contributed by atoms with van der Waals surface area (Å²) in [6.45, 7) is 9.47. The number of alkyl carbamates (subject to hydrolysis) is 1. The summed E-state index contributed by atoms with van der Waals surface area (Å²) in [6.07, 6.45) is 0.920. The van der Waals surface area contributed by atoms with E-state index in [-0.39, 0.29) is 19.5 Å². The second-order valence-electron chi connectivity index (χ2n) is 7.84. The van der Waals surface area contributed by atoms with Crippen molar-refractivity contribution < 1.29 is 27.9 Å². The normalized spacial score (nSPS) is 23.7. The van der Waals surface area contributed by atoms with E-state index in [1.807, 2.05) is 0 Å². The summed E-state index contributed by atoms with van der Waals surface area (Å²) >= 11 is 0. The van der Waals surface area contributed by atoms with Crippen LogP contribution in [0.3, 0.4) is 0 Å². The van der Waals surface area contributed by atoms with Gasteiger partial charge < -0.3 is 15.2 Å². The van der Waals surface area contributed by atoms with Gasteiger partial charge in [0, 0.05) is 30.6 Å². The SMILES string of the molecule is C=CCC1CN(S(=O)(=O)NC(C)CNC(=O)OC(C)(C)C)CC1(N=[N+]=[N-])C(=O)O. The average molecular weight is 433 g/mol. The zero-order valence-corrected chi connectivity index (χ0v) is 17.8. The number of carbonyl (C=O) groups excluding carboxylic acids is 1. The fraction of sp³-hybridized carbons (Fsp3) is 0.750. The fourth-order valence-corrected chi connectivity index (χ4v) is 4.40. The lowest BCUT2D eigenvalue weighted by molar-refractivity contribution is -0.144. The van der Waals surface area contributed by atoms with Crippen LogP contribution in [0.1, 0.15) is 34.1 Å². The number of hydrogen-bond donors (Lipinski definition) is 3. The summed E-state index contributed by atoms with van der Waals surface area (Å²) < 4.78 is 33.8. The second-order valence-corrected chi connectivity index (χ2v) is 9.54. The Morgan fingerprint density at radius 2 is 2.14 bits per heavy atom. The second kappa shape index (κ2) is 9.44. The fourth-order valence-electron chi connectivity index (χ4n) is 2.91. The number of ether oxygens (including phenoxy) is 1. The highest BCUT2D eigenvalue weighted by Gasteiger charge is 2.54. The first kappa shape index (κ1) is 24.7.